The van der Waals surface area contributed by atoms with Gasteiger partial charge in [0.25, 0.3) is 5.91 Å². The number of carbonyl (C=O) groups excluding carboxylic acids is 2. The Morgan fingerprint density at radius 1 is 0.800 bits per heavy atom. The minimum absolute atomic E-state index is 0.00663. The molecule has 4 aromatic carbocycles. The SMILES string of the molecule is O=C(C#Cc1ccccc1)N(/C=C/C1CN(Cc2ccccc2)C(=O)/C1=C\c1ccccc1)Cc1ccccc1. The summed E-state index contributed by atoms with van der Waals surface area (Å²) < 4.78 is 0. The molecule has 1 heterocycles. The van der Waals surface area contributed by atoms with Crippen LogP contribution in [-0.2, 0) is 22.7 Å². The van der Waals surface area contributed by atoms with Gasteiger partial charge in [-0.15, -0.1) is 0 Å². The van der Waals surface area contributed by atoms with Crippen molar-refractivity contribution in [3.63, 3.8) is 0 Å². The molecule has 4 heteroatoms. The zero-order valence-electron chi connectivity index (χ0n) is 22.2. The van der Waals surface area contributed by atoms with Crippen molar-refractivity contribution in [3.05, 3.63) is 161 Å². The molecule has 1 fully saturated rings. The molecule has 1 unspecified atom stereocenters. The van der Waals surface area contributed by atoms with E-state index in [1.165, 1.54) is 0 Å². The molecule has 40 heavy (non-hydrogen) atoms. The number of hydrogen-bond acceptors (Lipinski definition) is 2. The predicted molar refractivity (Wildman–Crippen MR) is 159 cm³/mol. The lowest BCUT2D eigenvalue weighted by Crippen LogP contribution is -2.25. The monoisotopic (exact) mass is 522 g/mol. The Kier molecular flexibility index (Phi) is 8.66. The van der Waals surface area contributed by atoms with Crippen LogP contribution in [0.25, 0.3) is 6.08 Å². The number of carbonyl (C=O) groups is 2. The molecular formula is C36H30N2O2. The van der Waals surface area contributed by atoms with Crippen molar-refractivity contribution < 1.29 is 9.59 Å². The Labute approximate surface area is 235 Å². The third-order valence-electron chi connectivity index (χ3n) is 6.73. The Morgan fingerprint density at radius 3 is 2.02 bits per heavy atom. The normalized spacial score (nSPS) is 15.7. The van der Waals surface area contributed by atoms with Crippen molar-refractivity contribution in [2.45, 2.75) is 13.1 Å². The third-order valence-corrected chi connectivity index (χ3v) is 6.73. The average molecular weight is 523 g/mol. The summed E-state index contributed by atoms with van der Waals surface area (Å²) in [6, 6.07) is 39.2. The summed E-state index contributed by atoms with van der Waals surface area (Å²) in [7, 11) is 0. The molecule has 0 N–H and O–H groups in total. The average Bonchev–Trinajstić information content (AvgIpc) is 3.29. The zero-order valence-corrected chi connectivity index (χ0v) is 22.2. The highest BCUT2D eigenvalue weighted by molar-refractivity contribution is 6.01. The molecule has 4 nitrogen and oxygen atoms in total. The molecule has 5 rings (SSSR count). The maximum atomic E-state index is 13.6. The minimum Gasteiger partial charge on any atom is -0.334 e. The van der Waals surface area contributed by atoms with Crippen LogP contribution in [0.2, 0.25) is 0 Å². The molecule has 0 aliphatic carbocycles. The molecule has 196 valence electrons. The van der Waals surface area contributed by atoms with Gasteiger partial charge in [0.2, 0.25) is 0 Å². The first-order valence-electron chi connectivity index (χ1n) is 13.4. The van der Waals surface area contributed by atoms with Crippen LogP contribution in [0.3, 0.4) is 0 Å². The Morgan fingerprint density at radius 2 is 1.38 bits per heavy atom. The van der Waals surface area contributed by atoms with Gasteiger partial charge < -0.3 is 9.80 Å². The number of rotatable bonds is 7. The molecule has 0 aromatic heterocycles. The van der Waals surface area contributed by atoms with E-state index >= 15 is 0 Å². The second-order valence-electron chi connectivity index (χ2n) is 9.66. The zero-order chi connectivity index (χ0) is 27.6. The van der Waals surface area contributed by atoms with Crippen molar-refractivity contribution >= 4 is 17.9 Å². The van der Waals surface area contributed by atoms with Gasteiger partial charge in [0.05, 0.1) is 6.54 Å². The van der Waals surface area contributed by atoms with Crippen LogP contribution < -0.4 is 0 Å². The fraction of sp³-hybridized carbons (Fsp3) is 0.111. The van der Waals surface area contributed by atoms with E-state index in [9.17, 15) is 9.59 Å². The first-order valence-corrected chi connectivity index (χ1v) is 13.4. The van der Waals surface area contributed by atoms with E-state index in [2.05, 4.69) is 11.8 Å². The molecule has 1 aliphatic heterocycles. The van der Waals surface area contributed by atoms with E-state index < -0.39 is 0 Å². The van der Waals surface area contributed by atoms with Gasteiger partial charge in [0, 0.05) is 42.3 Å². The van der Waals surface area contributed by atoms with Gasteiger partial charge >= 0.3 is 5.91 Å². The van der Waals surface area contributed by atoms with Crippen molar-refractivity contribution in [1.29, 1.82) is 0 Å². The Bertz CT molecular complexity index is 1550. The van der Waals surface area contributed by atoms with Gasteiger partial charge in [0.1, 0.15) is 0 Å². The summed E-state index contributed by atoms with van der Waals surface area (Å²) in [5.41, 5.74) is 4.54. The van der Waals surface area contributed by atoms with E-state index in [1.807, 2.05) is 138 Å². The van der Waals surface area contributed by atoms with E-state index in [1.54, 1.807) is 11.1 Å². The first kappa shape index (κ1) is 26.5. The van der Waals surface area contributed by atoms with Crippen molar-refractivity contribution in [1.82, 2.24) is 9.80 Å². The van der Waals surface area contributed by atoms with Crippen molar-refractivity contribution in [3.8, 4) is 11.8 Å². The summed E-state index contributed by atoms with van der Waals surface area (Å²) in [6.45, 7) is 1.45. The van der Waals surface area contributed by atoms with E-state index in [0.717, 1.165) is 22.3 Å². The third kappa shape index (κ3) is 7.03. The molecule has 1 atom stereocenters. The Hall–Kier alpha value is -5.14. The quantitative estimate of drug-likeness (QED) is 0.210. The van der Waals surface area contributed by atoms with E-state index in [-0.39, 0.29) is 17.7 Å². The highest BCUT2D eigenvalue weighted by Gasteiger charge is 2.33. The van der Waals surface area contributed by atoms with Gasteiger partial charge in [-0.05, 0) is 34.9 Å². The van der Waals surface area contributed by atoms with Crippen LogP contribution in [0.5, 0.6) is 0 Å². The Balaban J connectivity index is 1.43. The summed E-state index contributed by atoms with van der Waals surface area (Å²) in [5.74, 6) is 5.29. The molecule has 0 saturated carbocycles. The number of hydrogen-bond donors (Lipinski definition) is 0. The van der Waals surface area contributed by atoms with Crippen molar-refractivity contribution in [2.24, 2.45) is 5.92 Å². The second-order valence-corrected chi connectivity index (χ2v) is 9.66. The standard InChI is InChI=1S/C36H30N2O2/c39-35(22-21-29-13-5-1-6-14-29)37(26-31-17-9-3-10-18-31)24-23-33-28-38(27-32-19-11-4-12-20-32)36(40)34(33)25-30-15-7-2-8-16-30/h1-20,23-25,33H,26-28H2/b24-23+,34-25-. The lowest BCUT2D eigenvalue weighted by Gasteiger charge is -2.17. The van der Waals surface area contributed by atoms with Crippen LogP contribution in [0, 0.1) is 17.8 Å². The highest BCUT2D eigenvalue weighted by atomic mass is 16.2. The van der Waals surface area contributed by atoms with Gasteiger partial charge in [-0.2, -0.15) is 0 Å². The largest absolute Gasteiger partial charge is 0.334 e. The highest BCUT2D eigenvalue weighted by Crippen LogP contribution is 2.29. The maximum Gasteiger partial charge on any atom is 0.303 e. The number of benzene rings is 4. The summed E-state index contributed by atoms with van der Waals surface area (Å²) in [6.07, 6.45) is 5.71. The smallest absolute Gasteiger partial charge is 0.303 e. The molecule has 0 bridgehead atoms. The van der Waals surface area contributed by atoms with Crippen LogP contribution in [0.15, 0.2) is 139 Å². The van der Waals surface area contributed by atoms with Gasteiger partial charge in [0.15, 0.2) is 0 Å². The second kappa shape index (κ2) is 13.1. The predicted octanol–water partition coefficient (Wildman–Crippen LogP) is 6.32. The summed E-state index contributed by atoms with van der Waals surface area (Å²) in [5, 5.41) is 0. The fourth-order valence-electron chi connectivity index (χ4n) is 4.66. The van der Waals surface area contributed by atoms with E-state index in [4.69, 9.17) is 0 Å². The molecule has 4 aromatic rings. The number of nitrogens with zero attached hydrogens (tertiary/aromatic N) is 2. The van der Waals surface area contributed by atoms with Crippen LogP contribution in [-0.4, -0.2) is 28.2 Å². The van der Waals surface area contributed by atoms with Crippen LogP contribution >= 0.6 is 0 Å². The van der Waals surface area contributed by atoms with Gasteiger partial charge in [-0.1, -0.05) is 121 Å². The minimum atomic E-state index is -0.303. The van der Waals surface area contributed by atoms with Crippen molar-refractivity contribution in [2.75, 3.05) is 6.54 Å². The molecule has 0 radical (unpaired) electrons. The fourth-order valence-corrected chi connectivity index (χ4v) is 4.66. The molecule has 2 amide bonds. The van der Waals surface area contributed by atoms with Crippen LogP contribution in [0.1, 0.15) is 22.3 Å². The van der Waals surface area contributed by atoms with E-state index in [0.29, 0.717) is 25.2 Å². The van der Waals surface area contributed by atoms with Crippen LogP contribution in [0.4, 0.5) is 0 Å². The lowest BCUT2D eigenvalue weighted by molar-refractivity contribution is -0.125. The maximum absolute atomic E-state index is 13.6. The first-order chi connectivity index (χ1) is 19.7. The number of likely N-dealkylation sites (tertiary alicyclic amines) is 1. The molecule has 1 aliphatic rings. The summed E-state index contributed by atoms with van der Waals surface area (Å²) >= 11 is 0. The lowest BCUT2D eigenvalue weighted by atomic mass is 9.99. The number of amides is 2. The molecule has 1 saturated heterocycles. The summed E-state index contributed by atoms with van der Waals surface area (Å²) in [4.78, 5) is 30.3. The van der Waals surface area contributed by atoms with Gasteiger partial charge in [-0.25, -0.2) is 0 Å². The van der Waals surface area contributed by atoms with Gasteiger partial charge in [-0.3, -0.25) is 9.59 Å². The topological polar surface area (TPSA) is 40.6 Å². The molecular weight excluding hydrogens is 492 g/mol. The molecule has 0 spiro atoms.